The summed E-state index contributed by atoms with van der Waals surface area (Å²) in [7, 11) is 0. The molecular formula is C19H24Cl2N2O2. The maximum absolute atomic E-state index is 12.5. The summed E-state index contributed by atoms with van der Waals surface area (Å²) in [4.78, 5) is 12.5. The molecule has 0 aliphatic heterocycles. The van der Waals surface area contributed by atoms with Crippen LogP contribution in [0.15, 0.2) is 28.9 Å². The summed E-state index contributed by atoms with van der Waals surface area (Å²) >= 11 is 12.0. The molecule has 0 spiro atoms. The van der Waals surface area contributed by atoms with E-state index < -0.39 is 0 Å². The van der Waals surface area contributed by atoms with Gasteiger partial charge in [0.1, 0.15) is 5.75 Å². The van der Waals surface area contributed by atoms with Gasteiger partial charge in [-0.2, -0.15) is 5.10 Å². The molecular weight excluding hydrogens is 359 g/mol. The van der Waals surface area contributed by atoms with Crippen molar-refractivity contribution in [2.24, 2.45) is 22.4 Å². The highest BCUT2D eigenvalue weighted by Gasteiger charge is 2.60. The molecule has 0 heterocycles. The second kappa shape index (κ2) is 7.38. The number of phenolic OH excluding ortho intramolecular Hbond substituents is 1. The van der Waals surface area contributed by atoms with E-state index in [1.165, 1.54) is 11.6 Å². The number of hydrazone groups is 1. The van der Waals surface area contributed by atoms with Gasteiger partial charge in [0, 0.05) is 10.6 Å². The Labute approximate surface area is 158 Å². The van der Waals surface area contributed by atoms with Crippen molar-refractivity contribution < 1.29 is 9.90 Å². The minimum Gasteiger partial charge on any atom is -0.506 e. The van der Waals surface area contributed by atoms with E-state index in [2.05, 4.69) is 30.5 Å². The molecule has 0 radical (unpaired) electrons. The summed E-state index contributed by atoms with van der Waals surface area (Å²) in [5, 5.41) is 14.9. The summed E-state index contributed by atoms with van der Waals surface area (Å²) < 4.78 is 0. The van der Waals surface area contributed by atoms with Crippen molar-refractivity contribution in [1.82, 2.24) is 5.43 Å². The fourth-order valence-electron chi connectivity index (χ4n) is 3.16. The van der Waals surface area contributed by atoms with E-state index in [4.69, 9.17) is 23.2 Å². The van der Waals surface area contributed by atoms with Gasteiger partial charge in [0.05, 0.1) is 16.7 Å². The smallest absolute Gasteiger partial charge is 0.244 e. The zero-order valence-corrected chi connectivity index (χ0v) is 16.7. The van der Waals surface area contributed by atoms with Crippen LogP contribution in [0.4, 0.5) is 0 Å². The van der Waals surface area contributed by atoms with Crippen LogP contribution in [0.1, 0.15) is 46.6 Å². The van der Waals surface area contributed by atoms with Crippen LogP contribution in [-0.4, -0.2) is 16.7 Å². The van der Waals surface area contributed by atoms with Crippen molar-refractivity contribution in [3.8, 4) is 5.75 Å². The first-order valence-electron chi connectivity index (χ1n) is 8.29. The van der Waals surface area contributed by atoms with Gasteiger partial charge in [-0.15, -0.1) is 0 Å². The number of hydrogen-bond donors (Lipinski definition) is 2. The van der Waals surface area contributed by atoms with Gasteiger partial charge in [-0.25, -0.2) is 5.43 Å². The molecule has 4 nitrogen and oxygen atoms in total. The number of benzene rings is 1. The Morgan fingerprint density at radius 2 is 2.00 bits per heavy atom. The molecule has 0 bridgehead atoms. The van der Waals surface area contributed by atoms with Crippen molar-refractivity contribution in [2.75, 3.05) is 0 Å². The number of nitrogens with one attached hydrogen (secondary N) is 1. The van der Waals surface area contributed by atoms with Crippen LogP contribution in [0.2, 0.25) is 10.0 Å². The summed E-state index contributed by atoms with van der Waals surface area (Å²) in [5.41, 5.74) is 4.71. The van der Waals surface area contributed by atoms with Gasteiger partial charge in [0.15, 0.2) is 0 Å². The molecule has 2 atom stereocenters. The highest BCUT2D eigenvalue weighted by molar-refractivity contribution is 6.36. The van der Waals surface area contributed by atoms with Crippen molar-refractivity contribution in [1.29, 1.82) is 0 Å². The molecule has 1 aromatic rings. The van der Waals surface area contributed by atoms with E-state index >= 15 is 0 Å². The van der Waals surface area contributed by atoms with E-state index in [1.54, 1.807) is 6.07 Å². The Hall–Kier alpha value is -1.52. The Balaban J connectivity index is 2.20. The first-order chi connectivity index (χ1) is 11.6. The van der Waals surface area contributed by atoms with Gasteiger partial charge in [-0.3, -0.25) is 4.79 Å². The van der Waals surface area contributed by atoms with Crippen LogP contribution < -0.4 is 5.43 Å². The standard InChI is InChI=1S/C19H24Cl2N2O2/c1-6-15(12-8-11(20)9-14(21)17(12)24)22-23-18(25)16-13(7-10(2)3)19(16,4)5/h7-9,13,16,24H,6H2,1-5H3,(H,23,25)/b22-15+/t13-,16+/m0/s1. The van der Waals surface area contributed by atoms with Gasteiger partial charge < -0.3 is 5.11 Å². The number of amides is 1. The number of nitrogens with zero attached hydrogens (tertiary/aromatic N) is 1. The lowest BCUT2D eigenvalue weighted by Gasteiger charge is -2.09. The number of aromatic hydroxyl groups is 1. The molecule has 0 saturated heterocycles. The normalized spacial score (nSPS) is 21.6. The van der Waals surface area contributed by atoms with Crippen molar-refractivity contribution in [3.05, 3.63) is 39.4 Å². The first kappa shape index (κ1) is 19.8. The van der Waals surface area contributed by atoms with Crippen molar-refractivity contribution >= 4 is 34.8 Å². The molecule has 25 heavy (non-hydrogen) atoms. The van der Waals surface area contributed by atoms with Gasteiger partial charge in [0.2, 0.25) is 5.91 Å². The van der Waals surface area contributed by atoms with Crippen LogP contribution in [0.3, 0.4) is 0 Å². The fraction of sp³-hybridized carbons (Fsp3) is 0.474. The summed E-state index contributed by atoms with van der Waals surface area (Å²) in [6.07, 6.45) is 2.65. The Morgan fingerprint density at radius 1 is 1.36 bits per heavy atom. The molecule has 0 unspecified atom stereocenters. The van der Waals surface area contributed by atoms with E-state index in [-0.39, 0.29) is 33.9 Å². The molecule has 2 N–H and O–H groups in total. The third kappa shape index (κ3) is 4.18. The first-order valence-corrected chi connectivity index (χ1v) is 9.05. The van der Waals surface area contributed by atoms with Gasteiger partial charge in [0.25, 0.3) is 0 Å². The van der Waals surface area contributed by atoms with Crippen LogP contribution in [0.25, 0.3) is 0 Å². The Bertz CT molecular complexity index is 750. The largest absolute Gasteiger partial charge is 0.506 e. The second-order valence-corrected chi connectivity index (χ2v) is 8.08. The number of phenols is 1. The predicted molar refractivity (Wildman–Crippen MR) is 103 cm³/mol. The highest BCUT2D eigenvalue weighted by Crippen LogP contribution is 2.59. The lowest BCUT2D eigenvalue weighted by atomic mass is 10.1. The molecule has 136 valence electrons. The van der Waals surface area contributed by atoms with E-state index in [0.29, 0.717) is 22.7 Å². The van der Waals surface area contributed by atoms with Gasteiger partial charge in [-0.05, 0) is 43.7 Å². The van der Waals surface area contributed by atoms with Crippen LogP contribution >= 0.6 is 23.2 Å². The van der Waals surface area contributed by atoms with E-state index in [0.717, 1.165) is 0 Å². The average molecular weight is 383 g/mol. The molecule has 2 rings (SSSR count). The molecule has 1 fully saturated rings. The lowest BCUT2D eigenvalue weighted by molar-refractivity contribution is -0.123. The highest BCUT2D eigenvalue weighted by atomic mass is 35.5. The number of carbonyl (C=O) groups excluding carboxylic acids is 1. The molecule has 1 aromatic carbocycles. The molecule has 0 aromatic heterocycles. The van der Waals surface area contributed by atoms with E-state index in [1.807, 2.05) is 20.8 Å². The predicted octanol–water partition coefficient (Wildman–Crippen LogP) is 5.17. The maximum Gasteiger partial charge on any atom is 0.244 e. The third-order valence-corrected chi connectivity index (χ3v) is 5.19. The Kier molecular flexibility index (Phi) is 5.85. The molecule has 1 aliphatic rings. The summed E-state index contributed by atoms with van der Waals surface area (Å²) in [6, 6.07) is 3.05. The maximum atomic E-state index is 12.5. The van der Waals surface area contributed by atoms with Crippen LogP contribution in [0.5, 0.6) is 5.75 Å². The molecule has 1 amide bonds. The SMILES string of the molecule is CC/C(=N\NC(=O)[C@H]1[C@H](C=C(C)C)C1(C)C)c1cc(Cl)cc(Cl)c1O. The van der Waals surface area contributed by atoms with Crippen LogP contribution in [0, 0.1) is 17.3 Å². The summed E-state index contributed by atoms with van der Waals surface area (Å²) in [6.45, 7) is 10.1. The number of allylic oxidation sites excluding steroid dienone is 2. The lowest BCUT2D eigenvalue weighted by Crippen LogP contribution is -2.23. The third-order valence-electron chi connectivity index (χ3n) is 4.68. The minimum absolute atomic E-state index is 0.0786. The molecule has 1 aliphatic carbocycles. The fourth-order valence-corrected chi connectivity index (χ4v) is 3.65. The zero-order chi connectivity index (χ0) is 18.9. The number of rotatable bonds is 5. The summed E-state index contributed by atoms with van der Waals surface area (Å²) in [5.74, 6) is -0.103. The molecule has 1 saturated carbocycles. The quantitative estimate of drug-likeness (QED) is 0.419. The number of halogens is 2. The van der Waals surface area contributed by atoms with Crippen LogP contribution in [-0.2, 0) is 4.79 Å². The van der Waals surface area contributed by atoms with Gasteiger partial charge in [-0.1, -0.05) is 55.6 Å². The minimum atomic E-state index is -0.119. The van der Waals surface area contributed by atoms with Gasteiger partial charge >= 0.3 is 0 Å². The monoisotopic (exact) mass is 382 g/mol. The number of hydrogen-bond acceptors (Lipinski definition) is 3. The second-order valence-electron chi connectivity index (χ2n) is 7.24. The zero-order valence-electron chi connectivity index (χ0n) is 15.2. The van der Waals surface area contributed by atoms with Crippen molar-refractivity contribution in [3.63, 3.8) is 0 Å². The average Bonchev–Trinajstić information content (AvgIpc) is 3.04. The van der Waals surface area contributed by atoms with Crippen molar-refractivity contribution in [2.45, 2.75) is 41.0 Å². The topological polar surface area (TPSA) is 61.7 Å². The molecule has 6 heteroatoms. The van der Waals surface area contributed by atoms with E-state index in [9.17, 15) is 9.90 Å². The Morgan fingerprint density at radius 3 is 2.56 bits per heavy atom. The number of carbonyl (C=O) groups is 1.